The Morgan fingerprint density at radius 1 is 1.30 bits per heavy atom. The van der Waals surface area contributed by atoms with Gasteiger partial charge in [0.05, 0.1) is 6.04 Å². The van der Waals surface area contributed by atoms with Gasteiger partial charge in [0.25, 0.3) is 0 Å². The van der Waals surface area contributed by atoms with Crippen molar-refractivity contribution in [2.75, 3.05) is 7.05 Å². The molecule has 0 spiro atoms. The highest BCUT2D eigenvalue weighted by Crippen LogP contribution is 2.19. The predicted octanol–water partition coefficient (Wildman–Crippen LogP) is 2.76. The largest absolute Gasteiger partial charge is 0.364 e. The fourth-order valence-corrected chi connectivity index (χ4v) is 2.39. The number of aromatic nitrogens is 3. The van der Waals surface area contributed by atoms with Crippen LogP contribution in [0.5, 0.6) is 0 Å². The van der Waals surface area contributed by atoms with Gasteiger partial charge in [0.2, 0.25) is 5.91 Å². The van der Waals surface area contributed by atoms with Gasteiger partial charge in [0.1, 0.15) is 24.3 Å². The molecule has 0 saturated carbocycles. The Hall–Kier alpha value is -2.89. The minimum absolute atomic E-state index is 0.0179. The molecule has 0 saturated heterocycles. The highest BCUT2D eigenvalue weighted by atomic mass is 16.5. The summed E-state index contributed by atoms with van der Waals surface area (Å²) in [5.41, 5.74) is 1.72. The van der Waals surface area contributed by atoms with Crippen molar-refractivity contribution >= 4 is 5.91 Å². The number of hydrogen-bond donors (Lipinski definition) is 0. The second-order valence-corrected chi connectivity index (χ2v) is 5.35. The number of carbonyl (C=O) groups excluding carboxylic acids is 1. The summed E-state index contributed by atoms with van der Waals surface area (Å²) in [5, 5.41) is 3.89. The predicted molar refractivity (Wildman–Crippen MR) is 85.4 cm³/mol. The Morgan fingerprint density at radius 2 is 2.09 bits per heavy atom. The van der Waals surface area contributed by atoms with Crippen molar-refractivity contribution in [2.45, 2.75) is 19.5 Å². The summed E-state index contributed by atoms with van der Waals surface area (Å²) < 4.78 is 6.70. The van der Waals surface area contributed by atoms with Gasteiger partial charge >= 0.3 is 0 Å². The zero-order valence-corrected chi connectivity index (χ0v) is 13.1. The molecule has 0 aliphatic carbocycles. The van der Waals surface area contributed by atoms with Gasteiger partial charge in [0, 0.05) is 31.1 Å². The van der Waals surface area contributed by atoms with Crippen LogP contribution in [0.15, 0.2) is 59.6 Å². The van der Waals surface area contributed by atoms with Crippen molar-refractivity contribution in [3.8, 4) is 11.4 Å². The minimum Gasteiger partial charge on any atom is -0.364 e. The number of likely N-dealkylation sites (N-methyl/N-ethyl adjacent to an activating group) is 1. The van der Waals surface area contributed by atoms with Crippen LogP contribution in [0.1, 0.15) is 18.7 Å². The highest BCUT2D eigenvalue weighted by molar-refractivity contribution is 5.77. The maximum atomic E-state index is 12.5. The molecule has 3 aromatic rings. The van der Waals surface area contributed by atoms with Gasteiger partial charge in [-0.05, 0) is 6.92 Å². The molecular formula is C17H18N4O2. The fraction of sp³-hybridized carbons (Fsp3) is 0.235. The van der Waals surface area contributed by atoms with E-state index < -0.39 is 0 Å². The highest BCUT2D eigenvalue weighted by Gasteiger charge is 2.20. The molecule has 0 radical (unpaired) electrons. The third-order valence-electron chi connectivity index (χ3n) is 3.91. The molecule has 0 N–H and O–H groups in total. The summed E-state index contributed by atoms with van der Waals surface area (Å²) in [4.78, 5) is 18.6. The lowest BCUT2D eigenvalue weighted by Crippen LogP contribution is -2.32. The number of hydrogen-bond acceptors (Lipinski definition) is 4. The van der Waals surface area contributed by atoms with Crippen molar-refractivity contribution in [3.05, 3.63) is 60.7 Å². The lowest BCUT2D eigenvalue weighted by molar-refractivity contribution is -0.132. The van der Waals surface area contributed by atoms with E-state index in [1.54, 1.807) is 24.2 Å². The smallest absolute Gasteiger partial charge is 0.242 e. The molecule has 3 rings (SSSR count). The first-order valence-corrected chi connectivity index (χ1v) is 7.39. The van der Waals surface area contributed by atoms with E-state index in [9.17, 15) is 4.79 Å². The second-order valence-electron chi connectivity index (χ2n) is 5.35. The quantitative estimate of drug-likeness (QED) is 0.727. The molecule has 0 fully saturated rings. The Kier molecular flexibility index (Phi) is 4.23. The first-order valence-electron chi connectivity index (χ1n) is 7.39. The Labute approximate surface area is 134 Å². The lowest BCUT2D eigenvalue weighted by Gasteiger charge is -2.23. The van der Waals surface area contributed by atoms with E-state index in [1.807, 2.05) is 48.0 Å². The number of amides is 1. The van der Waals surface area contributed by atoms with E-state index in [0.717, 1.165) is 17.1 Å². The van der Waals surface area contributed by atoms with Gasteiger partial charge in [-0.3, -0.25) is 4.79 Å². The molecule has 0 bridgehead atoms. The standard InChI is InChI=1S/C17H18N4O2/c1-13(15-8-11-23-19-15)20(2)16(22)12-21-10-9-18-17(21)14-6-4-3-5-7-14/h3-11,13H,12H2,1-2H3/t13-/m1/s1. The van der Waals surface area contributed by atoms with E-state index in [2.05, 4.69) is 10.1 Å². The van der Waals surface area contributed by atoms with Crippen molar-refractivity contribution < 1.29 is 9.32 Å². The van der Waals surface area contributed by atoms with Crippen LogP contribution >= 0.6 is 0 Å². The van der Waals surface area contributed by atoms with Crippen molar-refractivity contribution in [3.63, 3.8) is 0 Å². The number of carbonyl (C=O) groups is 1. The summed E-state index contributed by atoms with van der Waals surface area (Å²) in [6, 6.07) is 11.4. The molecule has 2 aromatic heterocycles. The van der Waals surface area contributed by atoms with E-state index in [1.165, 1.54) is 6.26 Å². The number of imidazole rings is 1. The Morgan fingerprint density at radius 3 is 2.78 bits per heavy atom. The molecule has 2 heterocycles. The molecule has 1 aromatic carbocycles. The van der Waals surface area contributed by atoms with Crippen molar-refractivity contribution in [2.24, 2.45) is 0 Å². The van der Waals surface area contributed by atoms with Gasteiger partial charge in [-0.2, -0.15) is 0 Å². The zero-order valence-electron chi connectivity index (χ0n) is 13.1. The molecule has 118 valence electrons. The monoisotopic (exact) mass is 310 g/mol. The summed E-state index contributed by atoms with van der Waals surface area (Å²) >= 11 is 0. The van der Waals surface area contributed by atoms with Gasteiger partial charge in [-0.25, -0.2) is 4.98 Å². The minimum atomic E-state index is -0.148. The molecule has 1 amide bonds. The SMILES string of the molecule is C[C@H](c1ccon1)N(C)C(=O)Cn1ccnc1-c1ccccc1. The molecule has 23 heavy (non-hydrogen) atoms. The lowest BCUT2D eigenvalue weighted by atomic mass is 10.2. The first kappa shape index (κ1) is 15.0. The zero-order chi connectivity index (χ0) is 16.2. The average molecular weight is 310 g/mol. The topological polar surface area (TPSA) is 64.2 Å². The normalized spacial score (nSPS) is 12.1. The molecular weight excluding hydrogens is 292 g/mol. The Balaban J connectivity index is 1.75. The van der Waals surface area contributed by atoms with Crippen LogP contribution in [0, 0.1) is 0 Å². The van der Waals surface area contributed by atoms with Gasteiger partial charge in [-0.15, -0.1) is 0 Å². The summed E-state index contributed by atoms with van der Waals surface area (Å²) in [6.07, 6.45) is 5.03. The third-order valence-corrected chi connectivity index (χ3v) is 3.91. The number of rotatable bonds is 5. The van der Waals surface area contributed by atoms with Gasteiger partial charge in [0.15, 0.2) is 0 Å². The van der Waals surface area contributed by atoms with E-state index in [-0.39, 0.29) is 18.5 Å². The van der Waals surface area contributed by atoms with Crippen molar-refractivity contribution in [1.82, 2.24) is 19.6 Å². The molecule has 6 heteroatoms. The summed E-state index contributed by atoms with van der Waals surface area (Å²) in [5.74, 6) is 0.761. The van der Waals surface area contributed by atoms with E-state index >= 15 is 0 Å². The maximum Gasteiger partial charge on any atom is 0.242 e. The van der Waals surface area contributed by atoms with Gasteiger partial charge in [-0.1, -0.05) is 35.5 Å². The second kappa shape index (κ2) is 6.48. The summed E-state index contributed by atoms with van der Waals surface area (Å²) in [6.45, 7) is 2.14. The number of nitrogens with zero attached hydrogens (tertiary/aromatic N) is 4. The van der Waals surface area contributed by atoms with E-state index in [4.69, 9.17) is 4.52 Å². The fourth-order valence-electron chi connectivity index (χ4n) is 2.39. The van der Waals surface area contributed by atoms with Crippen LogP contribution in [0.3, 0.4) is 0 Å². The maximum absolute atomic E-state index is 12.5. The van der Waals surface area contributed by atoms with Gasteiger partial charge < -0.3 is 14.0 Å². The average Bonchev–Trinajstić information content (AvgIpc) is 3.26. The van der Waals surface area contributed by atoms with Crippen LogP contribution in [-0.2, 0) is 11.3 Å². The molecule has 6 nitrogen and oxygen atoms in total. The third kappa shape index (κ3) is 3.15. The van der Waals surface area contributed by atoms with Crippen molar-refractivity contribution in [1.29, 1.82) is 0 Å². The van der Waals surface area contributed by atoms with Crippen LogP contribution in [0.4, 0.5) is 0 Å². The number of benzene rings is 1. The van der Waals surface area contributed by atoms with E-state index in [0.29, 0.717) is 0 Å². The first-order chi connectivity index (χ1) is 11.2. The van der Waals surface area contributed by atoms with Crippen LogP contribution in [-0.4, -0.2) is 32.6 Å². The van der Waals surface area contributed by atoms with Crippen LogP contribution < -0.4 is 0 Å². The molecule has 1 atom stereocenters. The Bertz CT molecular complexity index is 765. The van der Waals surface area contributed by atoms with Crippen LogP contribution in [0.25, 0.3) is 11.4 Å². The molecule has 0 aliphatic rings. The molecule has 0 unspecified atom stereocenters. The van der Waals surface area contributed by atoms with Crippen LogP contribution in [0.2, 0.25) is 0 Å². The summed E-state index contributed by atoms with van der Waals surface area (Å²) in [7, 11) is 1.76. The molecule has 0 aliphatic heterocycles.